The first kappa shape index (κ1) is 8.43. The van der Waals surface area contributed by atoms with E-state index in [2.05, 4.69) is 22.6 Å². The molecule has 0 heterocycles. The van der Waals surface area contributed by atoms with Gasteiger partial charge in [-0.25, -0.2) is 0 Å². The van der Waals surface area contributed by atoms with Crippen LogP contribution in [0.15, 0.2) is 12.1 Å². The second kappa shape index (κ2) is 3.15. The molecule has 0 saturated carbocycles. The summed E-state index contributed by atoms with van der Waals surface area (Å²) in [5.41, 5.74) is 6.17. The molecule has 1 nitrogen and oxygen atoms in total. The third-order valence-electron chi connectivity index (χ3n) is 1.02. The van der Waals surface area contributed by atoms with Gasteiger partial charge in [0.2, 0.25) is 0 Å². The number of anilines is 1. The van der Waals surface area contributed by atoms with Crippen LogP contribution < -0.4 is 5.73 Å². The van der Waals surface area contributed by atoms with Crippen LogP contribution in [-0.2, 0) is 0 Å². The number of nitrogen functional groups attached to an aromatic ring is 1. The van der Waals surface area contributed by atoms with Crippen LogP contribution in [0.3, 0.4) is 0 Å². The fourth-order valence-corrected chi connectivity index (χ4v) is 1.40. The normalized spacial score (nSPS) is 9.90. The van der Waals surface area contributed by atoms with Gasteiger partial charge in [-0.1, -0.05) is 23.2 Å². The molecular weight excluding hydrogens is 284 g/mol. The Morgan fingerprint density at radius 3 is 2.40 bits per heavy atom. The van der Waals surface area contributed by atoms with E-state index in [-0.39, 0.29) is 0 Å². The number of nitrogens with two attached hydrogens (primary N) is 1. The smallest absolute Gasteiger partial charge is 0.0575 e. The molecule has 54 valence electrons. The summed E-state index contributed by atoms with van der Waals surface area (Å²) < 4.78 is 0.851. The molecule has 0 radical (unpaired) electrons. The van der Waals surface area contributed by atoms with Crippen molar-refractivity contribution in [1.29, 1.82) is 0 Å². The third kappa shape index (κ3) is 1.68. The fraction of sp³-hybridized carbons (Fsp3) is 0. The highest BCUT2D eigenvalue weighted by molar-refractivity contribution is 14.1. The molecule has 0 amide bonds. The van der Waals surface area contributed by atoms with Crippen LogP contribution in [0.2, 0.25) is 10.0 Å². The van der Waals surface area contributed by atoms with Crippen LogP contribution in [0, 0.1) is 3.57 Å². The van der Waals surface area contributed by atoms with Crippen LogP contribution in [0.1, 0.15) is 0 Å². The van der Waals surface area contributed by atoms with Crippen molar-refractivity contribution in [3.63, 3.8) is 0 Å². The van der Waals surface area contributed by atoms with Crippen molar-refractivity contribution < 1.29 is 0 Å². The summed E-state index contributed by atoms with van der Waals surface area (Å²) in [4.78, 5) is 0. The van der Waals surface area contributed by atoms with Gasteiger partial charge >= 0.3 is 0 Å². The molecule has 0 atom stereocenters. The summed E-state index contributed by atoms with van der Waals surface area (Å²) in [7, 11) is 0. The van der Waals surface area contributed by atoms with E-state index in [1.54, 1.807) is 12.1 Å². The Balaban J connectivity index is 3.31. The molecule has 0 aliphatic rings. The first-order chi connectivity index (χ1) is 4.61. The van der Waals surface area contributed by atoms with E-state index in [1.165, 1.54) is 0 Å². The van der Waals surface area contributed by atoms with E-state index < -0.39 is 0 Å². The highest BCUT2D eigenvalue weighted by atomic mass is 127. The lowest BCUT2D eigenvalue weighted by atomic mass is 10.3. The van der Waals surface area contributed by atoms with Crippen molar-refractivity contribution >= 4 is 51.5 Å². The Morgan fingerprint density at radius 2 is 1.90 bits per heavy atom. The summed E-state index contributed by atoms with van der Waals surface area (Å²) in [6.45, 7) is 0. The van der Waals surface area contributed by atoms with Gasteiger partial charge < -0.3 is 5.73 Å². The number of hydrogen-bond donors (Lipinski definition) is 1. The maximum Gasteiger partial charge on any atom is 0.0575 e. The summed E-state index contributed by atoms with van der Waals surface area (Å²) in [6, 6.07) is 3.34. The van der Waals surface area contributed by atoms with Crippen molar-refractivity contribution in [1.82, 2.24) is 0 Å². The minimum Gasteiger partial charge on any atom is -0.398 e. The number of halogens is 3. The SMILES string of the molecule is Nc1cc(Cl)cc(Cl)c1I. The van der Waals surface area contributed by atoms with Crippen molar-refractivity contribution in [2.45, 2.75) is 0 Å². The van der Waals surface area contributed by atoms with Crippen molar-refractivity contribution in [2.75, 3.05) is 5.73 Å². The highest BCUT2D eigenvalue weighted by Crippen LogP contribution is 2.27. The van der Waals surface area contributed by atoms with E-state index in [1.807, 2.05) is 0 Å². The van der Waals surface area contributed by atoms with Gasteiger partial charge in [-0.3, -0.25) is 0 Å². The van der Waals surface area contributed by atoms with E-state index >= 15 is 0 Å². The van der Waals surface area contributed by atoms with Crippen molar-refractivity contribution in [2.24, 2.45) is 0 Å². The van der Waals surface area contributed by atoms with Crippen LogP contribution in [0.5, 0.6) is 0 Å². The van der Waals surface area contributed by atoms with Gasteiger partial charge in [0, 0.05) is 10.7 Å². The molecule has 1 rings (SSSR count). The van der Waals surface area contributed by atoms with Gasteiger partial charge in [0.05, 0.1) is 8.59 Å². The number of hydrogen-bond acceptors (Lipinski definition) is 1. The average molecular weight is 288 g/mol. The molecule has 0 aliphatic carbocycles. The predicted octanol–water partition coefficient (Wildman–Crippen LogP) is 3.18. The van der Waals surface area contributed by atoms with Gasteiger partial charge in [-0.2, -0.15) is 0 Å². The van der Waals surface area contributed by atoms with Gasteiger partial charge in [-0.15, -0.1) is 0 Å². The molecule has 10 heavy (non-hydrogen) atoms. The number of rotatable bonds is 0. The minimum absolute atomic E-state index is 0.572. The van der Waals surface area contributed by atoms with Crippen molar-refractivity contribution in [3.8, 4) is 0 Å². The molecule has 0 spiro atoms. The van der Waals surface area contributed by atoms with E-state index in [9.17, 15) is 0 Å². The predicted molar refractivity (Wildman–Crippen MR) is 53.6 cm³/mol. The Morgan fingerprint density at radius 1 is 1.30 bits per heavy atom. The van der Waals surface area contributed by atoms with E-state index in [4.69, 9.17) is 28.9 Å². The molecule has 2 N–H and O–H groups in total. The molecule has 0 aliphatic heterocycles. The molecule has 1 aromatic carbocycles. The topological polar surface area (TPSA) is 26.0 Å². The third-order valence-corrected chi connectivity index (χ3v) is 3.06. The molecule has 0 aromatic heterocycles. The number of benzene rings is 1. The summed E-state index contributed by atoms with van der Waals surface area (Å²) in [5, 5.41) is 1.17. The van der Waals surface area contributed by atoms with Gasteiger partial charge in [0.25, 0.3) is 0 Å². The Labute approximate surface area is 82.6 Å². The zero-order valence-electron chi connectivity index (χ0n) is 4.87. The molecule has 0 fully saturated rings. The largest absolute Gasteiger partial charge is 0.398 e. The second-order valence-corrected chi connectivity index (χ2v) is 3.71. The van der Waals surface area contributed by atoms with Crippen LogP contribution in [0.4, 0.5) is 5.69 Å². The molecule has 1 aromatic rings. The zero-order chi connectivity index (χ0) is 7.72. The van der Waals surface area contributed by atoms with Crippen LogP contribution >= 0.6 is 45.8 Å². The molecule has 4 heteroatoms. The lowest BCUT2D eigenvalue weighted by Crippen LogP contribution is -1.89. The van der Waals surface area contributed by atoms with Crippen LogP contribution in [-0.4, -0.2) is 0 Å². The molecular formula is C6H4Cl2IN. The Hall–Kier alpha value is 0.330. The van der Waals surface area contributed by atoms with E-state index in [0.29, 0.717) is 15.7 Å². The first-order valence-electron chi connectivity index (χ1n) is 2.51. The fourth-order valence-electron chi connectivity index (χ4n) is 0.576. The molecule has 0 bridgehead atoms. The monoisotopic (exact) mass is 287 g/mol. The molecule has 0 unspecified atom stereocenters. The Bertz CT molecular complexity index is 239. The summed E-state index contributed by atoms with van der Waals surface area (Å²) in [5.74, 6) is 0. The maximum absolute atomic E-state index is 5.75. The average Bonchev–Trinajstić information content (AvgIpc) is 1.82. The minimum atomic E-state index is 0.572. The Kier molecular flexibility index (Phi) is 2.66. The standard InChI is InChI=1S/C6H4Cl2IN/c7-3-1-4(8)6(9)5(10)2-3/h1-2H,10H2. The highest BCUT2D eigenvalue weighted by Gasteiger charge is 2.01. The van der Waals surface area contributed by atoms with Crippen LogP contribution in [0.25, 0.3) is 0 Å². The maximum atomic E-state index is 5.75. The van der Waals surface area contributed by atoms with E-state index in [0.717, 1.165) is 3.57 Å². The van der Waals surface area contributed by atoms with Gasteiger partial charge in [0.1, 0.15) is 0 Å². The lowest BCUT2D eigenvalue weighted by Gasteiger charge is -2.00. The summed E-state index contributed by atoms with van der Waals surface area (Å²) >= 11 is 13.5. The lowest BCUT2D eigenvalue weighted by molar-refractivity contribution is 1.62. The molecule has 0 saturated heterocycles. The van der Waals surface area contributed by atoms with Gasteiger partial charge in [-0.05, 0) is 34.7 Å². The zero-order valence-corrected chi connectivity index (χ0v) is 8.54. The quantitative estimate of drug-likeness (QED) is 0.443. The first-order valence-corrected chi connectivity index (χ1v) is 4.35. The van der Waals surface area contributed by atoms with Crippen molar-refractivity contribution in [3.05, 3.63) is 25.7 Å². The van der Waals surface area contributed by atoms with Gasteiger partial charge in [0.15, 0.2) is 0 Å². The summed E-state index contributed by atoms with van der Waals surface area (Å²) in [6.07, 6.45) is 0. The second-order valence-electron chi connectivity index (χ2n) is 1.79.